The quantitative estimate of drug-likeness (QED) is 0.545. The minimum absolute atomic E-state index is 0.0127. The first-order valence-corrected chi connectivity index (χ1v) is 6.00. The third-order valence-electron chi connectivity index (χ3n) is 2.97. The van der Waals surface area contributed by atoms with E-state index in [1.54, 1.807) is 0 Å². The molecule has 1 aliphatic rings. The van der Waals surface area contributed by atoms with Crippen molar-refractivity contribution in [1.29, 1.82) is 0 Å². The summed E-state index contributed by atoms with van der Waals surface area (Å²) in [5, 5.41) is 4.24. The van der Waals surface area contributed by atoms with Crippen molar-refractivity contribution in [1.82, 2.24) is 15.2 Å². The van der Waals surface area contributed by atoms with Gasteiger partial charge in [0.05, 0.1) is 38.2 Å². The highest BCUT2D eigenvalue weighted by Crippen LogP contribution is 2.11. The summed E-state index contributed by atoms with van der Waals surface area (Å²) in [4.78, 5) is 0. The lowest BCUT2D eigenvalue weighted by molar-refractivity contribution is -0.101. The second-order valence-corrected chi connectivity index (χ2v) is 4.17. The predicted octanol–water partition coefficient (Wildman–Crippen LogP) is -0.307. The Labute approximate surface area is 101 Å². The van der Waals surface area contributed by atoms with Crippen LogP contribution >= 0.6 is 0 Å². The number of nitrogens with one attached hydrogen (secondary N) is 1. The Bertz CT molecular complexity index is 336. The molecule has 0 aromatic carbocycles. The maximum atomic E-state index is 5.64. The zero-order valence-electron chi connectivity index (χ0n) is 10.1. The van der Waals surface area contributed by atoms with Crippen molar-refractivity contribution in [2.24, 2.45) is 5.84 Å². The summed E-state index contributed by atoms with van der Waals surface area (Å²) in [5.74, 6) is 5.58. The number of hydrogen-bond donors (Lipinski definition) is 2. The molecule has 6 nitrogen and oxygen atoms in total. The van der Waals surface area contributed by atoms with E-state index in [-0.39, 0.29) is 12.1 Å². The summed E-state index contributed by atoms with van der Waals surface area (Å²) >= 11 is 0. The van der Waals surface area contributed by atoms with Gasteiger partial charge in [-0.3, -0.25) is 16.0 Å². The molecule has 2 heterocycles. The van der Waals surface area contributed by atoms with Crippen LogP contribution in [0.5, 0.6) is 0 Å². The van der Waals surface area contributed by atoms with Crippen molar-refractivity contribution in [3.8, 4) is 0 Å². The molecule has 0 radical (unpaired) electrons. The highest BCUT2D eigenvalue weighted by Gasteiger charge is 2.24. The largest absolute Gasteiger partial charge is 0.376 e. The van der Waals surface area contributed by atoms with Crippen LogP contribution in [0.3, 0.4) is 0 Å². The minimum Gasteiger partial charge on any atom is -0.376 e. The van der Waals surface area contributed by atoms with Gasteiger partial charge in [0.1, 0.15) is 0 Å². The second-order valence-electron chi connectivity index (χ2n) is 4.17. The number of aryl methyl sites for hydroxylation is 1. The van der Waals surface area contributed by atoms with Gasteiger partial charge in [-0.15, -0.1) is 0 Å². The third kappa shape index (κ3) is 3.26. The monoisotopic (exact) mass is 240 g/mol. The van der Waals surface area contributed by atoms with Crippen LogP contribution in [0.15, 0.2) is 12.4 Å². The van der Waals surface area contributed by atoms with Gasteiger partial charge in [0.2, 0.25) is 0 Å². The molecule has 2 atom stereocenters. The first-order chi connectivity index (χ1) is 8.33. The number of aromatic nitrogens is 2. The maximum Gasteiger partial charge on any atom is 0.0978 e. The molecule has 0 aliphatic carbocycles. The molecule has 96 valence electrons. The summed E-state index contributed by atoms with van der Waals surface area (Å²) in [7, 11) is 0. The lowest BCUT2D eigenvalue weighted by Crippen LogP contribution is -2.50. The van der Waals surface area contributed by atoms with Crippen LogP contribution in [0.1, 0.15) is 12.5 Å². The zero-order valence-corrected chi connectivity index (χ0v) is 10.1. The molecule has 0 bridgehead atoms. The number of nitrogens with zero attached hydrogens (tertiary/aromatic N) is 2. The van der Waals surface area contributed by atoms with Crippen molar-refractivity contribution >= 4 is 0 Å². The molecule has 0 spiro atoms. The minimum atomic E-state index is 0.0127. The van der Waals surface area contributed by atoms with E-state index in [9.17, 15) is 0 Å². The Morgan fingerprint density at radius 3 is 3.12 bits per heavy atom. The number of nitrogens with two attached hydrogens (primary N) is 1. The number of rotatable bonds is 5. The second kappa shape index (κ2) is 6.11. The Kier molecular flexibility index (Phi) is 4.49. The lowest BCUT2D eigenvalue weighted by Gasteiger charge is -2.29. The fourth-order valence-electron chi connectivity index (χ4n) is 1.97. The number of hydrazine groups is 1. The van der Waals surface area contributed by atoms with Gasteiger partial charge < -0.3 is 9.47 Å². The highest BCUT2D eigenvalue weighted by molar-refractivity contribution is 5.07. The van der Waals surface area contributed by atoms with Gasteiger partial charge in [-0.2, -0.15) is 5.10 Å². The van der Waals surface area contributed by atoms with E-state index in [4.69, 9.17) is 15.3 Å². The van der Waals surface area contributed by atoms with Gasteiger partial charge in [-0.1, -0.05) is 0 Å². The molecule has 1 aliphatic heterocycles. The summed E-state index contributed by atoms with van der Waals surface area (Å²) in [6.07, 6.45) is 4.72. The first-order valence-electron chi connectivity index (χ1n) is 6.00. The average Bonchev–Trinajstić information content (AvgIpc) is 2.84. The van der Waals surface area contributed by atoms with E-state index < -0.39 is 0 Å². The Morgan fingerprint density at radius 1 is 1.65 bits per heavy atom. The molecule has 0 amide bonds. The number of ether oxygens (including phenoxy) is 2. The van der Waals surface area contributed by atoms with Crippen LogP contribution < -0.4 is 11.3 Å². The van der Waals surface area contributed by atoms with Gasteiger partial charge in [0, 0.05) is 12.7 Å². The molecule has 1 aromatic rings. The van der Waals surface area contributed by atoms with E-state index >= 15 is 0 Å². The van der Waals surface area contributed by atoms with Gasteiger partial charge in [0.15, 0.2) is 0 Å². The van der Waals surface area contributed by atoms with Gasteiger partial charge in [-0.25, -0.2) is 0 Å². The van der Waals surface area contributed by atoms with Crippen LogP contribution in [-0.2, 0) is 22.4 Å². The average molecular weight is 240 g/mol. The van der Waals surface area contributed by atoms with E-state index in [0.29, 0.717) is 19.8 Å². The molecule has 0 saturated carbocycles. The summed E-state index contributed by atoms with van der Waals surface area (Å²) in [6.45, 7) is 4.84. The topological polar surface area (TPSA) is 74.3 Å². The smallest absolute Gasteiger partial charge is 0.0978 e. The molecule has 2 rings (SSSR count). The standard InChI is InChI=1S/C11H20N4O2/c1-2-15-7-9(6-13-15)5-10(14-12)11-8-16-3-4-17-11/h6-7,10-11,14H,2-5,8,12H2,1H3. The molecule has 1 aromatic heterocycles. The zero-order chi connectivity index (χ0) is 12.1. The molecule has 6 heteroatoms. The van der Waals surface area contributed by atoms with Gasteiger partial charge >= 0.3 is 0 Å². The molecular weight excluding hydrogens is 220 g/mol. The normalized spacial score (nSPS) is 22.6. The van der Waals surface area contributed by atoms with Crippen molar-refractivity contribution in [3.63, 3.8) is 0 Å². The van der Waals surface area contributed by atoms with Gasteiger partial charge in [-0.05, 0) is 18.9 Å². The molecule has 1 saturated heterocycles. The number of hydrogen-bond acceptors (Lipinski definition) is 5. The highest BCUT2D eigenvalue weighted by atomic mass is 16.6. The summed E-state index contributed by atoms with van der Waals surface area (Å²) in [5.41, 5.74) is 3.96. The predicted molar refractivity (Wildman–Crippen MR) is 63.3 cm³/mol. The van der Waals surface area contributed by atoms with Crippen molar-refractivity contribution in [3.05, 3.63) is 18.0 Å². The Morgan fingerprint density at radius 2 is 2.53 bits per heavy atom. The van der Waals surface area contributed by atoms with Crippen molar-refractivity contribution < 1.29 is 9.47 Å². The van der Waals surface area contributed by atoms with Crippen molar-refractivity contribution in [2.45, 2.75) is 32.0 Å². The SMILES string of the molecule is CCn1cc(CC(NN)C2COCCO2)cn1. The molecule has 1 fully saturated rings. The van der Waals surface area contributed by atoms with E-state index in [1.165, 1.54) is 0 Å². The summed E-state index contributed by atoms with van der Waals surface area (Å²) in [6, 6.07) is 0.0600. The first kappa shape index (κ1) is 12.5. The lowest BCUT2D eigenvalue weighted by atomic mass is 10.0. The Balaban J connectivity index is 1.93. The fraction of sp³-hybridized carbons (Fsp3) is 0.727. The van der Waals surface area contributed by atoms with Crippen LogP contribution in [-0.4, -0.2) is 41.7 Å². The molecular formula is C11H20N4O2. The van der Waals surface area contributed by atoms with E-state index in [0.717, 1.165) is 18.5 Å². The molecule has 2 unspecified atom stereocenters. The third-order valence-corrected chi connectivity index (χ3v) is 2.97. The fourth-order valence-corrected chi connectivity index (χ4v) is 1.97. The summed E-state index contributed by atoms with van der Waals surface area (Å²) < 4.78 is 12.9. The maximum absolute atomic E-state index is 5.64. The van der Waals surface area contributed by atoms with Crippen molar-refractivity contribution in [2.75, 3.05) is 19.8 Å². The van der Waals surface area contributed by atoms with Crippen LogP contribution in [0, 0.1) is 0 Å². The van der Waals surface area contributed by atoms with E-state index in [1.807, 2.05) is 17.1 Å². The van der Waals surface area contributed by atoms with Crippen LogP contribution in [0.25, 0.3) is 0 Å². The Hall–Kier alpha value is -0.950. The van der Waals surface area contributed by atoms with Crippen LogP contribution in [0.4, 0.5) is 0 Å². The van der Waals surface area contributed by atoms with Gasteiger partial charge in [0.25, 0.3) is 0 Å². The molecule has 17 heavy (non-hydrogen) atoms. The van der Waals surface area contributed by atoms with Crippen LogP contribution in [0.2, 0.25) is 0 Å². The van der Waals surface area contributed by atoms with E-state index in [2.05, 4.69) is 17.4 Å². The molecule has 3 N–H and O–H groups in total.